The molecule has 0 atom stereocenters. The summed E-state index contributed by atoms with van der Waals surface area (Å²) in [5.74, 6) is 0. The van der Waals surface area contributed by atoms with Gasteiger partial charge >= 0.3 is 0 Å². The first-order chi connectivity index (χ1) is 6.72. The summed E-state index contributed by atoms with van der Waals surface area (Å²) < 4.78 is 34.1. The highest BCUT2D eigenvalue weighted by Gasteiger charge is 1.93. The van der Waals surface area contributed by atoms with Gasteiger partial charge in [0.05, 0.1) is 26.4 Å². The van der Waals surface area contributed by atoms with Gasteiger partial charge in [-0.15, -0.1) is 0 Å². The molecule has 0 saturated heterocycles. The predicted molar refractivity (Wildman–Crippen MR) is 56.8 cm³/mol. The van der Waals surface area contributed by atoms with Crippen LogP contribution in [0.25, 0.3) is 0 Å². The zero-order valence-corrected chi connectivity index (χ0v) is 10.5. The van der Waals surface area contributed by atoms with Crippen LogP contribution in [0.2, 0.25) is 0 Å². The second-order valence-corrected chi connectivity index (χ2v) is 2.69. The van der Waals surface area contributed by atoms with Gasteiger partial charge in [0, 0.05) is 10.4 Å². The first-order valence-corrected chi connectivity index (χ1v) is 4.84. The maximum absolute atomic E-state index is 8.52. The van der Waals surface area contributed by atoms with Crippen LogP contribution in [0, 0.1) is 0 Å². The van der Waals surface area contributed by atoms with Crippen molar-refractivity contribution in [2.45, 2.75) is 6.10 Å². The molecule has 0 rings (SSSR count). The van der Waals surface area contributed by atoms with E-state index in [1.165, 1.54) is 0 Å². The summed E-state index contributed by atoms with van der Waals surface area (Å²) in [6.07, 6.45) is -0.954. The van der Waals surface area contributed by atoms with Gasteiger partial charge in [0.1, 0.15) is 6.10 Å². The molecular formula is C5H22N2O9S. The third kappa shape index (κ3) is 137. The van der Waals surface area contributed by atoms with Crippen LogP contribution in [0.1, 0.15) is 0 Å². The quantitative estimate of drug-likeness (QED) is 0.202. The molecular weight excluding hydrogens is 264 g/mol. The fourth-order valence-electron chi connectivity index (χ4n) is 0.0577. The molecule has 17 heavy (non-hydrogen) atoms. The van der Waals surface area contributed by atoms with Crippen LogP contribution in [-0.4, -0.2) is 75.6 Å². The van der Waals surface area contributed by atoms with Crippen molar-refractivity contribution in [2.24, 2.45) is 0 Å². The van der Waals surface area contributed by atoms with Gasteiger partial charge < -0.3 is 46.9 Å². The Morgan fingerprint density at radius 1 is 0.882 bits per heavy atom. The number of quaternary nitrogens is 2. The van der Waals surface area contributed by atoms with Crippen molar-refractivity contribution in [1.29, 1.82) is 0 Å². The van der Waals surface area contributed by atoms with Crippen molar-refractivity contribution in [1.82, 2.24) is 12.3 Å². The molecule has 0 spiro atoms. The van der Waals surface area contributed by atoms with Crippen molar-refractivity contribution in [2.75, 3.05) is 26.4 Å². The van der Waals surface area contributed by atoms with Gasteiger partial charge in [0.25, 0.3) is 0 Å². The SMILES string of the molecule is O=S(=O)([O-])[O-].OCC(O)CO.OCCO.[NH4+].[NH4+]. The highest BCUT2D eigenvalue weighted by molar-refractivity contribution is 7.79. The van der Waals surface area contributed by atoms with Crippen molar-refractivity contribution < 1.29 is 43.1 Å². The number of aliphatic hydroxyl groups is 5. The van der Waals surface area contributed by atoms with E-state index in [4.69, 9.17) is 43.1 Å². The van der Waals surface area contributed by atoms with Crippen molar-refractivity contribution in [3.8, 4) is 0 Å². The Labute approximate surface area is 99.1 Å². The fraction of sp³-hybridized carbons (Fsp3) is 1.00. The molecule has 0 radical (unpaired) electrons. The molecule has 0 unspecified atom stereocenters. The number of hydrogen-bond donors (Lipinski definition) is 7. The maximum atomic E-state index is 8.52. The topological polar surface area (TPSA) is 254 Å². The zero-order chi connectivity index (χ0) is 12.9. The second kappa shape index (κ2) is 20.9. The first kappa shape index (κ1) is 30.0. The van der Waals surface area contributed by atoms with E-state index in [-0.39, 0.29) is 38.7 Å². The monoisotopic (exact) mass is 286 g/mol. The van der Waals surface area contributed by atoms with Gasteiger partial charge in [-0.25, -0.2) is 0 Å². The molecule has 0 heterocycles. The van der Waals surface area contributed by atoms with E-state index in [0.717, 1.165) is 0 Å². The number of hydrogen-bond acceptors (Lipinski definition) is 9. The minimum atomic E-state index is -5.17. The highest BCUT2D eigenvalue weighted by atomic mass is 32.3. The molecule has 0 fully saturated rings. The Hall–Kier alpha value is -0.410. The molecule has 0 aromatic heterocycles. The summed E-state index contributed by atoms with van der Waals surface area (Å²) in [4.78, 5) is 0. The van der Waals surface area contributed by atoms with Gasteiger partial charge in [-0.05, 0) is 0 Å². The fourth-order valence-corrected chi connectivity index (χ4v) is 0.0577. The molecule has 0 bridgehead atoms. The maximum Gasteiger partial charge on any atom is 0.100 e. The van der Waals surface area contributed by atoms with E-state index in [1.54, 1.807) is 0 Å². The van der Waals surface area contributed by atoms with Gasteiger partial charge in [-0.3, -0.25) is 8.42 Å². The van der Waals surface area contributed by atoms with Crippen molar-refractivity contribution in [3.63, 3.8) is 0 Å². The van der Waals surface area contributed by atoms with E-state index >= 15 is 0 Å². The molecule has 11 nitrogen and oxygen atoms in total. The van der Waals surface area contributed by atoms with E-state index < -0.39 is 16.5 Å². The molecule has 0 saturated carbocycles. The predicted octanol–water partition coefficient (Wildman–Crippen LogP) is -3.28. The van der Waals surface area contributed by atoms with E-state index in [2.05, 4.69) is 0 Å². The Kier molecular flexibility index (Phi) is 37.0. The third-order valence-electron chi connectivity index (χ3n) is 0.521. The van der Waals surface area contributed by atoms with Gasteiger partial charge in [-0.1, -0.05) is 0 Å². The smallest absolute Gasteiger partial charge is 0.100 e. The number of aliphatic hydroxyl groups excluding tert-OH is 5. The second-order valence-electron chi connectivity index (χ2n) is 1.87. The lowest BCUT2D eigenvalue weighted by atomic mass is 10.4. The normalized spacial score (nSPS) is 8.71. The molecule has 0 aliphatic carbocycles. The van der Waals surface area contributed by atoms with Crippen molar-refractivity contribution >= 4 is 10.4 Å². The third-order valence-corrected chi connectivity index (χ3v) is 0.521. The summed E-state index contributed by atoms with van der Waals surface area (Å²) in [6, 6.07) is 0. The lowest BCUT2D eigenvalue weighted by Gasteiger charge is -2.06. The minimum Gasteiger partial charge on any atom is -0.759 e. The lowest BCUT2D eigenvalue weighted by Crippen LogP contribution is -2.15. The van der Waals surface area contributed by atoms with Crippen LogP contribution in [0.4, 0.5) is 0 Å². The largest absolute Gasteiger partial charge is 0.759 e. The zero-order valence-electron chi connectivity index (χ0n) is 9.68. The average molecular weight is 286 g/mol. The van der Waals surface area contributed by atoms with Gasteiger partial charge in [0.15, 0.2) is 0 Å². The van der Waals surface area contributed by atoms with Crippen LogP contribution in [-0.2, 0) is 10.4 Å². The van der Waals surface area contributed by atoms with Gasteiger partial charge in [-0.2, -0.15) is 0 Å². The Morgan fingerprint density at radius 3 is 1.06 bits per heavy atom. The van der Waals surface area contributed by atoms with Crippen LogP contribution in [0.15, 0.2) is 0 Å². The molecule has 13 N–H and O–H groups in total. The summed E-state index contributed by atoms with van der Waals surface area (Å²) >= 11 is 0. The molecule has 0 aromatic rings. The molecule has 12 heteroatoms. The van der Waals surface area contributed by atoms with Crippen LogP contribution in [0.3, 0.4) is 0 Å². The van der Waals surface area contributed by atoms with Gasteiger partial charge in [0.2, 0.25) is 0 Å². The van der Waals surface area contributed by atoms with E-state index in [9.17, 15) is 0 Å². The summed E-state index contributed by atoms with van der Waals surface area (Å²) in [5, 5.41) is 39.3. The molecule has 0 aliphatic rings. The Bertz CT molecular complexity index is 184. The van der Waals surface area contributed by atoms with Crippen LogP contribution in [0.5, 0.6) is 0 Å². The molecule has 112 valence electrons. The van der Waals surface area contributed by atoms with Crippen molar-refractivity contribution in [3.05, 3.63) is 0 Å². The van der Waals surface area contributed by atoms with Crippen LogP contribution >= 0.6 is 0 Å². The number of rotatable bonds is 3. The lowest BCUT2D eigenvalue weighted by molar-refractivity contribution is 0.0450. The Morgan fingerprint density at radius 2 is 1.06 bits per heavy atom. The van der Waals surface area contributed by atoms with Crippen LogP contribution < -0.4 is 12.3 Å². The minimum absolute atomic E-state index is 0. The summed E-state index contributed by atoms with van der Waals surface area (Å²) in [6.45, 7) is -0.979. The van der Waals surface area contributed by atoms with E-state index in [1.807, 2.05) is 0 Å². The summed E-state index contributed by atoms with van der Waals surface area (Å²) in [5.41, 5.74) is 0. The molecule has 0 aromatic carbocycles. The average Bonchev–Trinajstić information content (AvgIpc) is 2.14. The summed E-state index contributed by atoms with van der Waals surface area (Å²) in [7, 11) is -5.17. The standard InChI is InChI=1S/C3H8O3.C2H6O2.2H3N.H2O4S/c4-1-3(6)2-5;3-1-2-4;;;1-5(2,3)4/h3-6H,1-2H2;3-4H,1-2H2;2*1H3;(H2,1,2,3,4). The molecule has 0 amide bonds. The Balaban J connectivity index is -0.0000000407. The highest BCUT2D eigenvalue weighted by Crippen LogP contribution is 1.71. The first-order valence-electron chi connectivity index (χ1n) is 3.51. The van der Waals surface area contributed by atoms with E-state index in [0.29, 0.717) is 0 Å². The molecule has 0 aliphatic heterocycles.